The zero-order valence-corrected chi connectivity index (χ0v) is 11.5. The average Bonchev–Trinajstić information content (AvgIpc) is 2.35. The van der Waals surface area contributed by atoms with Crippen LogP contribution in [0.25, 0.3) is 5.57 Å². The largest absolute Gasteiger partial charge is 0.341 e. The molecule has 0 saturated carbocycles. The molecule has 17 heavy (non-hydrogen) atoms. The van der Waals surface area contributed by atoms with E-state index in [0.29, 0.717) is 5.57 Å². The lowest BCUT2D eigenvalue weighted by Crippen LogP contribution is -2.24. The fourth-order valence-corrected chi connectivity index (χ4v) is 1.61. The van der Waals surface area contributed by atoms with Crippen LogP contribution in [0, 0.1) is 12.3 Å². The molecule has 0 radical (unpaired) electrons. The van der Waals surface area contributed by atoms with E-state index in [1.54, 1.807) is 6.92 Å². The number of carbonyl (C=O) groups is 1. The van der Waals surface area contributed by atoms with Crippen molar-refractivity contribution in [3.05, 3.63) is 39.9 Å². The van der Waals surface area contributed by atoms with E-state index < -0.39 is 0 Å². The van der Waals surface area contributed by atoms with Crippen molar-refractivity contribution >= 4 is 27.4 Å². The van der Waals surface area contributed by atoms with Crippen molar-refractivity contribution in [1.82, 2.24) is 5.32 Å². The van der Waals surface area contributed by atoms with Gasteiger partial charge in [-0.1, -0.05) is 34.0 Å². The summed E-state index contributed by atoms with van der Waals surface area (Å²) in [5.74, 6) is 2.26. The number of hydrogen-bond donors (Lipinski definition) is 1. The summed E-state index contributed by atoms with van der Waals surface area (Å²) in [4.78, 5) is 11.7. The molecular weight excluding hydrogens is 278 g/mol. The molecule has 0 saturated heterocycles. The fraction of sp³-hybridized carbons (Fsp3) is 0.214. The van der Waals surface area contributed by atoms with Crippen LogP contribution < -0.4 is 5.32 Å². The van der Waals surface area contributed by atoms with Crippen LogP contribution in [0.5, 0.6) is 0 Å². The second-order valence-corrected chi connectivity index (χ2v) is 4.56. The zero-order valence-electron chi connectivity index (χ0n) is 9.88. The lowest BCUT2D eigenvalue weighted by atomic mass is 10.0. The predicted molar refractivity (Wildman–Crippen MR) is 74.3 cm³/mol. The second kappa shape index (κ2) is 6.27. The Morgan fingerprint density at radius 2 is 1.94 bits per heavy atom. The Kier molecular flexibility index (Phi) is 4.99. The molecular formula is C14H14BrNO. The van der Waals surface area contributed by atoms with E-state index >= 15 is 0 Å². The minimum atomic E-state index is -0.122. The van der Waals surface area contributed by atoms with E-state index in [1.165, 1.54) is 0 Å². The average molecular weight is 292 g/mol. The topological polar surface area (TPSA) is 29.1 Å². The van der Waals surface area contributed by atoms with Crippen molar-refractivity contribution in [2.75, 3.05) is 6.54 Å². The summed E-state index contributed by atoms with van der Waals surface area (Å²) in [6, 6.07) is 7.84. The lowest BCUT2D eigenvalue weighted by molar-refractivity contribution is -0.117. The Balaban J connectivity index is 2.93. The summed E-state index contributed by atoms with van der Waals surface area (Å²) in [5.41, 5.74) is 2.66. The van der Waals surface area contributed by atoms with Gasteiger partial charge in [0, 0.05) is 10.0 Å². The van der Waals surface area contributed by atoms with Crippen molar-refractivity contribution in [1.29, 1.82) is 0 Å². The Morgan fingerprint density at radius 3 is 2.47 bits per heavy atom. The van der Waals surface area contributed by atoms with Crippen LogP contribution in [0.3, 0.4) is 0 Å². The molecule has 1 rings (SSSR count). The Morgan fingerprint density at radius 1 is 1.35 bits per heavy atom. The maximum atomic E-state index is 11.7. The molecule has 1 N–H and O–H groups in total. The van der Waals surface area contributed by atoms with Gasteiger partial charge in [0.2, 0.25) is 5.91 Å². The molecule has 1 amide bonds. The molecule has 0 fully saturated rings. The molecule has 0 aliphatic rings. The number of benzene rings is 1. The minimum absolute atomic E-state index is 0.122. The highest BCUT2D eigenvalue weighted by atomic mass is 79.9. The van der Waals surface area contributed by atoms with Crippen LogP contribution in [0.1, 0.15) is 19.4 Å². The third-order valence-electron chi connectivity index (χ3n) is 2.53. The van der Waals surface area contributed by atoms with Crippen LogP contribution in [0.4, 0.5) is 0 Å². The van der Waals surface area contributed by atoms with E-state index in [4.69, 9.17) is 6.42 Å². The third kappa shape index (κ3) is 3.76. The van der Waals surface area contributed by atoms with Gasteiger partial charge < -0.3 is 5.32 Å². The van der Waals surface area contributed by atoms with Gasteiger partial charge in [0.1, 0.15) is 0 Å². The smallest absolute Gasteiger partial charge is 0.247 e. The first kappa shape index (κ1) is 13.5. The normalized spacial score (nSPS) is 11.4. The molecule has 0 unspecified atom stereocenters. The van der Waals surface area contributed by atoms with Gasteiger partial charge in [-0.15, -0.1) is 6.42 Å². The maximum Gasteiger partial charge on any atom is 0.247 e. The number of nitrogens with one attached hydrogen (secondary N) is 1. The summed E-state index contributed by atoms with van der Waals surface area (Å²) in [5, 5.41) is 2.65. The predicted octanol–water partition coefficient (Wildman–Crippen LogP) is 2.99. The van der Waals surface area contributed by atoms with Crippen molar-refractivity contribution in [3.63, 3.8) is 0 Å². The van der Waals surface area contributed by atoms with Crippen molar-refractivity contribution in [3.8, 4) is 12.3 Å². The number of rotatable bonds is 3. The molecule has 0 aliphatic carbocycles. The number of halogens is 1. The van der Waals surface area contributed by atoms with Gasteiger partial charge in [0.25, 0.3) is 0 Å². The van der Waals surface area contributed by atoms with E-state index in [0.717, 1.165) is 15.6 Å². The highest BCUT2D eigenvalue weighted by molar-refractivity contribution is 9.10. The van der Waals surface area contributed by atoms with Gasteiger partial charge in [-0.25, -0.2) is 0 Å². The molecule has 3 heteroatoms. The summed E-state index contributed by atoms with van der Waals surface area (Å²) >= 11 is 3.38. The number of allylic oxidation sites excluding steroid dienone is 1. The monoisotopic (exact) mass is 291 g/mol. The van der Waals surface area contributed by atoms with Gasteiger partial charge in [-0.3, -0.25) is 4.79 Å². The second-order valence-electron chi connectivity index (χ2n) is 3.64. The molecule has 1 aromatic carbocycles. The zero-order chi connectivity index (χ0) is 12.8. The SMILES string of the molecule is C#CCNC(=O)/C(C)=C(\C)c1ccc(Br)cc1. The number of amides is 1. The highest BCUT2D eigenvalue weighted by Crippen LogP contribution is 2.20. The van der Waals surface area contributed by atoms with Crippen LogP contribution in [0.15, 0.2) is 34.3 Å². The number of hydrogen-bond acceptors (Lipinski definition) is 1. The number of terminal acetylenes is 1. The van der Waals surface area contributed by atoms with Crippen molar-refractivity contribution in [2.24, 2.45) is 0 Å². The molecule has 0 heterocycles. The highest BCUT2D eigenvalue weighted by Gasteiger charge is 2.08. The van der Waals surface area contributed by atoms with E-state index in [9.17, 15) is 4.79 Å². The van der Waals surface area contributed by atoms with E-state index in [2.05, 4.69) is 27.2 Å². The molecule has 0 atom stereocenters. The van der Waals surface area contributed by atoms with Gasteiger partial charge in [-0.05, 0) is 37.1 Å². The summed E-state index contributed by atoms with van der Waals surface area (Å²) in [6.45, 7) is 3.97. The molecule has 0 bridgehead atoms. The van der Waals surface area contributed by atoms with Crippen LogP contribution in [-0.4, -0.2) is 12.5 Å². The fourth-order valence-electron chi connectivity index (χ4n) is 1.35. The van der Waals surface area contributed by atoms with Crippen molar-refractivity contribution < 1.29 is 4.79 Å². The van der Waals surface area contributed by atoms with E-state index in [1.807, 2.05) is 31.2 Å². The standard InChI is InChI=1S/C14H14BrNO/c1-4-9-16-14(17)11(3)10(2)12-5-7-13(15)8-6-12/h1,5-8H,9H2,2-3H3,(H,16,17)/b11-10+. The van der Waals surface area contributed by atoms with Gasteiger partial charge in [0.05, 0.1) is 6.54 Å². The lowest BCUT2D eigenvalue weighted by Gasteiger charge is -2.08. The van der Waals surface area contributed by atoms with Crippen LogP contribution in [0.2, 0.25) is 0 Å². The first-order valence-corrected chi connectivity index (χ1v) is 6.00. The molecule has 0 aliphatic heterocycles. The minimum Gasteiger partial charge on any atom is -0.341 e. The van der Waals surface area contributed by atoms with Gasteiger partial charge in [-0.2, -0.15) is 0 Å². The van der Waals surface area contributed by atoms with Gasteiger partial charge >= 0.3 is 0 Å². The Hall–Kier alpha value is -1.53. The summed E-state index contributed by atoms with van der Waals surface area (Å²) in [7, 11) is 0. The molecule has 1 aromatic rings. The summed E-state index contributed by atoms with van der Waals surface area (Å²) < 4.78 is 1.02. The maximum absolute atomic E-state index is 11.7. The molecule has 0 spiro atoms. The van der Waals surface area contributed by atoms with Crippen molar-refractivity contribution in [2.45, 2.75) is 13.8 Å². The Labute approximate surface area is 110 Å². The summed E-state index contributed by atoms with van der Waals surface area (Å²) in [6.07, 6.45) is 5.09. The van der Waals surface area contributed by atoms with Gasteiger partial charge in [0.15, 0.2) is 0 Å². The van der Waals surface area contributed by atoms with E-state index in [-0.39, 0.29) is 12.5 Å². The molecule has 2 nitrogen and oxygen atoms in total. The third-order valence-corrected chi connectivity index (χ3v) is 3.06. The number of carbonyl (C=O) groups excluding carboxylic acids is 1. The molecule has 0 aromatic heterocycles. The van der Waals surface area contributed by atoms with Crippen LogP contribution >= 0.6 is 15.9 Å². The Bertz CT molecular complexity index is 480. The first-order valence-electron chi connectivity index (χ1n) is 5.21. The quantitative estimate of drug-likeness (QED) is 0.673. The molecule has 88 valence electrons. The van der Waals surface area contributed by atoms with Crippen LogP contribution in [-0.2, 0) is 4.79 Å². The first-order chi connectivity index (χ1) is 8.06.